The number of hydrogen-bond donors (Lipinski definition) is 0. The largest absolute Gasteiger partial charge is 1.00 e. The van der Waals surface area contributed by atoms with Crippen molar-refractivity contribution in [2.75, 3.05) is 26.7 Å². The zero-order valence-electron chi connectivity index (χ0n) is 6.59. The minimum absolute atomic E-state index is 0. The molecule has 0 aromatic carbocycles. The molecule has 9 heavy (non-hydrogen) atoms. The van der Waals surface area contributed by atoms with Gasteiger partial charge in [0, 0.05) is 0 Å². The minimum Gasteiger partial charge on any atom is -0.665 e. The summed E-state index contributed by atoms with van der Waals surface area (Å²) in [5, 5.41) is 8.05. The first-order valence-corrected chi connectivity index (χ1v) is 2.62. The molecule has 4 heteroatoms. The van der Waals surface area contributed by atoms with E-state index in [2.05, 4.69) is 10.6 Å². The summed E-state index contributed by atoms with van der Waals surface area (Å²) < 4.78 is 0. The quantitative estimate of drug-likeness (QED) is 0.480. The van der Waals surface area contributed by atoms with Crippen LogP contribution < -0.4 is 116 Å². The summed E-state index contributed by atoms with van der Waals surface area (Å²) in [6.07, 6.45) is 0. The Balaban J connectivity index is 0. The van der Waals surface area contributed by atoms with Gasteiger partial charge in [-0.15, -0.1) is 19.6 Å². The maximum atomic E-state index is 4.06. The van der Waals surface area contributed by atoms with E-state index in [1.54, 1.807) is 0 Å². The Morgan fingerprint density at radius 2 is 2.00 bits per heavy atom. The van der Waals surface area contributed by atoms with Crippen molar-refractivity contribution in [2.24, 2.45) is 5.92 Å². The van der Waals surface area contributed by atoms with Crippen LogP contribution in [0.4, 0.5) is 0 Å². The minimum atomic E-state index is 0. The fourth-order valence-electron chi connectivity index (χ4n) is 0.685. The van der Waals surface area contributed by atoms with Gasteiger partial charge in [0.1, 0.15) is 0 Å². The summed E-state index contributed by atoms with van der Waals surface area (Å²) in [4.78, 5) is 0. The molecule has 1 rings (SSSR count). The van der Waals surface area contributed by atoms with Crippen molar-refractivity contribution in [1.82, 2.24) is 0 Å². The molecule has 0 radical (unpaired) electrons. The summed E-state index contributed by atoms with van der Waals surface area (Å²) in [7, 11) is 1.86. The van der Waals surface area contributed by atoms with Crippen LogP contribution in [0, 0.1) is 5.92 Å². The van der Waals surface area contributed by atoms with E-state index >= 15 is 0 Å². The maximum absolute atomic E-state index is 4.06. The molecule has 0 saturated carbocycles. The molecule has 0 spiro atoms. The molecule has 1 aliphatic heterocycles. The summed E-state index contributed by atoms with van der Waals surface area (Å²) in [5.74, 6) is 0.796. The SMILES string of the molecule is C[N-]CC1C[N-]C1.[Rb+].[Rb+]. The Morgan fingerprint density at radius 1 is 1.44 bits per heavy atom. The molecule has 0 atom stereocenters. The van der Waals surface area contributed by atoms with Crippen molar-refractivity contribution in [3.63, 3.8) is 0 Å². The third-order valence-electron chi connectivity index (χ3n) is 1.22. The molecule has 1 aliphatic rings. The van der Waals surface area contributed by atoms with Crippen LogP contribution in [0.5, 0.6) is 0 Å². The van der Waals surface area contributed by atoms with E-state index in [1.807, 2.05) is 7.05 Å². The maximum Gasteiger partial charge on any atom is 1.00 e. The second kappa shape index (κ2) is 9.62. The van der Waals surface area contributed by atoms with Crippen molar-refractivity contribution >= 4 is 0 Å². The molecule has 2 nitrogen and oxygen atoms in total. The normalized spacial score (nSPS) is 17.0. The summed E-state index contributed by atoms with van der Waals surface area (Å²) in [5.41, 5.74) is 0. The van der Waals surface area contributed by atoms with Gasteiger partial charge in [0.05, 0.1) is 0 Å². The Morgan fingerprint density at radius 3 is 2.11 bits per heavy atom. The van der Waals surface area contributed by atoms with E-state index < -0.39 is 0 Å². The van der Waals surface area contributed by atoms with Gasteiger partial charge in [-0.25, -0.2) is 0 Å². The summed E-state index contributed by atoms with van der Waals surface area (Å²) in [6.45, 7) is 3.12. The zero-order chi connectivity index (χ0) is 5.11. The van der Waals surface area contributed by atoms with Crippen LogP contribution in [0.25, 0.3) is 10.6 Å². The van der Waals surface area contributed by atoms with E-state index in [0.29, 0.717) is 0 Å². The Kier molecular flexibility index (Phi) is 16.1. The molecule has 1 saturated heterocycles. The first-order valence-electron chi connectivity index (χ1n) is 2.62. The molecule has 1 heterocycles. The van der Waals surface area contributed by atoms with E-state index in [-0.39, 0.29) is 116 Å². The van der Waals surface area contributed by atoms with Gasteiger partial charge < -0.3 is 10.6 Å². The first kappa shape index (κ1) is 15.0. The monoisotopic (exact) mass is 268 g/mol. The van der Waals surface area contributed by atoms with E-state index in [1.165, 1.54) is 0 Å². The molecule has 0 unspecified atom stereocenters. The predicted molar refractivity (Wildman–Crippen MR) is 30.7 cm³/mol. The Hall–Kier alpha value is 3.53. The van der Waals surface area contributed by atoms with Gasteiger partial charge in [0.15, 0.2) is 0 Å². The van der Waals surface area contributed by atoms with Crippen LogP contribution in [0.2, 0.25) is 0 Å². The van der Waals surface area contributed by atoms with Crippen molar-refractivity contribution in [3.8, 4) is 0 Å². The summed E-state index contributed by atoms with van der Waals surface area (Å²) >= 11 is 0. The second-order valence-corrected chi connectivity index (χ2v) is 1.95. The number of rotatable bonds is 2. The third kappa shape index (κ3) is 6.67. The average Bonchev–Trinajstić information content (AvgIpc) is 1.55. The average molecular weight is 269 g/mol. The van der Waals surface area contributed by atoms with Gasteiger partial charge in [0.25, 0.3) is 0 Å². The van der Waals surface area contributed by atoms with Crippen LogP contribution >= 0.6 is 0 Å². The van der Waals surface area contributed by atoms with Crippen LogP contribution in [-0.4, -0.2) is 26.7 Å². The van der Waals surface area contributed by atoms with E-state index in [0.717, 1.165) is 25.6 Å². The number of nitrogens with zero attached hydrogens (tertiary/aromatic N) is 2. The zero-order valence-corrected chi connectivity index (χ0v) is 16.4. The van der Waals surface area contributed by atoms with Gasteiger partial charge in [0.2, 0.25) is 0 Å². The third-order valence-corrected chi connectivity index (χ3v) is 1.22. The van der Waals surface area contributed by atoms with E-state index in [4.69, 9.17) is 0 Å². The van der Waals surface area contributed by atoms with Gasteiger partial charge in [-0.1, -0.05) is 5.92 Å². The predicted octanol–water partition coefficient (Wildman–Crippen LogP) is -5.00. The topological polar surface area (TPSA) is 28.2 Å². The van der Waals surface area contributed by atoms with Gasteiger partial charge in [-0.2, -0.15) is 7.05 Å². The molecular weight excluding hydrogens is 259 g/mol. The van der Waals surface area contributed by atoms with Crippen molar-refractivity contribution < 1.29 is 116 Å². The van der Waals surface area contributed by atoms with Crippen LogP contribution in [0.1, 0.15) is 0 Å². The molecule has 0 N–H and O–H groups in total. The molecule has 0 aromatic rings. The molecule has 0 bridgehead atoms. The molecule has 0 amide bonds. The molecular formula is C5H10N2Rb2. The van der Waals surface area contributed by atoms with Crippen LogP contribution in [0.15, 0.2) is 0 Å². The Bertz CT molecular complexity index is 56.9. The molecule has 1 fully saturated rings. The second-order valence-electron chi connectivity index (χ2n) is 1.95. The molecule has 0 aromatic heterocycles. The van der Waals surface area contributed by atoms with Crippen molar-refractivity contribution in [3.05, 3.63) is 10.6 Å². The van der Waals surface area contributed by atoms with Crippen molar-refractivity contribution in [2.45, 2.75) is 0 Å². The van der Waals surface area contributed by atoms with E-state index in [9.17, 15) is 0 Å². The van der Waals surface area contributed by atoms with Gasteiger partial charge >= 0.3 is 116 Å². The first-order chi connectivity index (χ1) is 3.43. The molecule has 0 aliphatic carbocycles. The smallest absolute Gasteiger partial charge is 0.665 e. The van der Waals surface area contributed by atoms with Gasteiger partial charge in [-0.3, -0.25) is 0 Å². The Labute approximate surface area is 155 Å². The fraction of sp³-hybridized carbons (Fsp3) is 1.00. The summed E-state index contributed by atoms with van der Waals surface area (Å²) in [6, 6.07) is 0. The van der Waals surface area contributed by atoms with Crippen LogP contribution in [-0.2, 0) is 0 Å². The van der Waals surface area contributed by atoms with Crippen LogP contribution in [0.3, 0.4) is 0 Å². The number of hydrogen-bond acceptors (Lipinski definition) is 0. The standard InChI is InChI=1S/C5H10N2.2Rb/c1-6-2-5-3-7-4-5;;/h5H,2-4H2,1H3;;/q-2;2*+1. The molecule has 42 valence electrons. The van der Waals surface area contributed by atoms with Crippen molar-refractivity contribution in [1.29, 1.82) is 0 Å². The fourth-order valence-corrected chi connectivity index (χ4v) is 0.685. The van der Waals surface area contributed by atoms with Gasteiger partial charge in [-0.05, 0) is 0 Å².